The van der Waals surface area contributed by atoms with Crippen LogP contribution in [0.15, 0.2) is 35.6 Å². The Bertz CT molecular complexity index is 1160. The smallest absolute Gasteiger partial charge is 0.378 e. The number of amides is 1. The van der Waals surface area contributed by atoms with Gasteiger partial charge in [-0.15, -0.1) is 0 Å². The molecule has 1 saturated heterocycles. The number of carbonyl (C=O) groups is 1. The highest BCUT2D eigenvalue weighted by atomic mass is 32.2. The molecule has 1 fully saturated rings. The van der Waals surface area contributed by atoms with Crippen LogP contribution in [0.2, 0.25) is 0 Å². The molecule has 3 aromatic rings. The lowest BCUT2D eigenvalue weighted by Gasteiger charge is -2.28. The van der Waals surface area contributed by atoms with Gasteiger partial charge in [0.1, 0.15) is 5.82 Å². The van der Waals surface area contributed by atoms with Gasteiger partial charge in [0.25, 0.3) is 5.91 Å². The largest absolute Gasteiger partial charge is 0.416 e. The molecule has 0 aliphatic carbocycles. The summed E-state index contributed by atoms with van der Waals surface area (Å²) >= 11 is 1.55. The van der Waals surface area contributed by atoms with E-state index < -0.39 is 17.6 Å². The van der Waals surface area contributed by atoms with Crippen LogP contribution < -0.4 is 10.2 Å². The monoisotopic (exact) mass is 494 g/mol. The molecule has 8 nitrogen and oxygen atoms in total. The Balaban J connectivity index is 1.51. The SMILES string of the molecule is CC(C)Sc1nc(N2CCOCC2)c2cnn(CCNC(=O)c3cccc(C(F)(F)F)c3)c2n1. The molecule has 3 heterocycles. The van der Waals surface area contributed by atoms with Gasteiger partial charge in [-0.3, -0.25) is 4.79 Å². The quantitative estimate of drug-likeness (QED) is 0.397. The first kappa shape index (κ1) is 24.3. The van der Waals surface area contributed by atoms with Crippen molar-refractivity contribution in [3.05, 3.63) is 41.6 Å². The summed E-state index contributed by atoms with van der Waals surface area (Å²) in [6.45, 7) is 7.28. The Morgan fingerprint density at radius 2 is 2.00 bits per heavy atom. The Hall–Kier alpha value is -2.86. The highest BCUT2D eigenvalue weighted by molar-refractivity contribution is 7.99. The average Bonchev–Trinajstić information content (AvgIpc) is 3.21. The molecule has 0 radical (unpaired) electrons. The number of benzene rings is 1. The third-order valence-corrected chi connectivity index (χ3v) is 6.03. The van der Waals surface area contributed by atoms with Gasteiger partial charge >= 0.3 is 6.18 Å². The average molecular weight is 495 g/mol. The first-order valence-electron chi connectivity index (χ1n) is 10.9. The summed E-state index contributed by atoms with van der Waals surface area (Å²) in [4.78, 5) is 24.0. The summed E-state index contributed by atoms with van der Waals surface area (Å²) in [5, 5.41) is 8.83. The van der Waals surface area contributed by atoms with Gasteiger partial charge in [0.05, 0.1) is 36.9 Å². The minimum Gasteiger partial charge on any atom is -0.378 e. The third kappa shape index (κ3) is 5.61. The lowest BCUT2D eigenvalue weighted by atomic mass is 10.1. The highest BCUT2D eigenvalue weighted by Gasteiger charge is 2.31. The molecule has 34 heavy (non-hydrogen) atoms. The molecule has 1 amide bonds. The van der Waals surface area contributed by atoms with Crippen LogP contribution in [0.25, 0.3) is 11.0 Å². The van der Waals surface area contributed by atoms with Gasteiger partial charge in [0.15, 0.2) is 10.8 Å². The van der Waals surface area contributed by atoms with Gasteiger partial charge in [0, 0.05) is 30.4 Å². The number of rotatable bonds is 7. The van der Waals surface area contributed by atoms with E-state index in [4.69, 9.17) is 9.72 Å². The van der Waals surface area contributed by atoms with Crippen LogP contribution in [-0.4, -0.2) is 63.8 Å². The topological polar surface area (TPSA) is 85.2 Å². The summed E-state index contributed by atoms with van der Waals surface area (Å²) in [5.74, 6) is 0.220. The van der Waals surface area contributed by atoms with Crippen LogP contribution in [0.3, 0.4) is 0 Å². The van der Waals surface area contributed by atoms with E-state index in [0.29, 0.717) is 30.6 Å². The van der Waals surface area contributed by atoms with Gasteiger partial charge in [0.2, 0.25) is 0 Å². The number of nitrogens with zero attached hydrogens (tertiary/aromatic N) is 5. The third-order valence-electron chi connectivity index (χ3n) is 5.17. The predicted molar refractivity (Wildman–Crippen MR) is 123 cm³/mol. The second-order valence-corrected chi connectivity index (χ2v) is 9.58. The van der Waals surface area contributed by atoms with Gasteiger partial charge < -0.3 is 15.0 Å². The Morgan fingerprint density at radius 3 is 2.71 bits per heavy atom. The molecule has 1 aliphatic heterocycles. The maximum atomic E-state index is 12.9. The second-order valence-electron chi connectivity index (χ2n) is 8.04. The van der Waals surface area contributed by atoms with Crippen LogP contribution in [-0.2, 0) is 17.5 Å². The summed E-state index contributed by atoms with van der Waals surface area (Å²) in [6, 6.07) is 4.35. The molecule has 0 spiro atoms. The normalized spacial score (nSPS) is 14.7. The van der Waals surface area contributed by atoms with Gasteiger partial charge in [-0.05, 0) is 18.2 Å². The highest BCUT2D eigenvalue weighted by Crippen LogP contribution is 2.30. The van der Waals surface area contributed by atoms with E-state index in [-0.39, 0.29) is 17.4 Å². The number of morpholine rings is 1. The minimum atomic E-state index is -4.51. The van der Waals surface area contributed by atoms with E-state index in [2.05, 4.69) is 34.1 Å². The first-order valence-corrected chi connectivity index (χ1v) is 11.8. The zero-order chi connectivity index (χ0) is 24.3. The van der Waals surface area contributed by atoms with Gasteiger partial charge in [-0.25, -0.2) is 14.6 Å². The van der Waals surface area contributed by atoms with E-state index >= 15 is 0 Å². The minimum absolute atomic E-state index is 0.0484. The predicted octanol–water partition coefficient (Wildman–Crippen LogP) is 3.61. The molecular weight excluding hydrogens is 469 g/mol. The molecule has 1 aromatic carbocycles. The van der Waals surface area contributed by atoms with E-state index in [1.165, 1.54) is 12.1 Å². The molecule has 0 unspecified atom stereocenters. The van der Waals surface area contributed by atoms with Crippen molar-refractivity contribution in [1.82, 2.24) is 25.1 Å². The molecule has 12 heteroatoms. The molecule has 182 valence electrons. The van der Waals surface area contributed by atoms with Crippen molar-refractivity contribution >= 4 is 34.5 Å². The van der Waals surface area contributed by atoms with Crippen molar-refractivity contribution in [2.24, 2.45) is 0 Å². The van der Waals surface area contributed by atoms with Crippen molar-refractivity contribution in [2.45, 2.75) is 37.0 Å². The summed E-state index contributed by atoms with van der Waals surface area (Å²) in [6.07, 6.45) is -2.80. The Morgan fingerprint density at radius 1 is 1.24 bits per heavy atom. The standard InChI is InChI=1S/C22H25F3N6O2S/c1-14(2)34-21-28-18(30-8-10-33-11-9-30)17-13-27-31(19(17)29-21)7-6-26-20(32)15-4-3-5-16(12-15)22(23,24)25/h3-5,12-14H,6-11H2,1-2H3,(H,26,32). The molecule has 0 atom stereocenters. The van der Waals surface area contributed by atoms with Gasteiger partial charge in [-0.1, -0.05) is 31.7 Å². The Kier molecular flexibility index (Phi) is 7.27. The molecule has 1 aliphatic rings. The number of anilines is 1. The van der Waals surface area contributed by atoms with E-state index in [1.54, 1.807) is 22.6 Å². The Labute approximate surface area is 198 Å². The molecular formula is C22H25F3N6O2S. The molecule has 1 N–H and O–H groups in total. The number of hydrogen-bond acceptors (Lipinski definition) is 7. The number of carbonyl (C=O) groups excluding carboxylic acids is 1. The number of fused-ring (bicyclic) bond motifs is 1. The van der Waals surface area contributed by atoms with Crippen molar-refractivity contribution < 1.29 is 22.7 Å². The van der Waals surface area contributed by atoms with Crippen LogP contribution in [0.4, 0.5) is 19.0 Å². The fraction of sp³-hybridized carbons (Fsp3) is 0.455. The van der Waals surface area contributed by atoms with Crippen LogP contribution in [0, 0.1) is 0 Å². The van der Waals surface area contributed by atoms with Gasteiger partial charge in [-0.2, -0.15) is 18.3 Å². The number of hydrogen-bond donors (Lipinski definition) is 1. The number of nitrogens with one attached hydrogen (secondary N) is 1. The summed E-state index contributed by atoms with van der Waals surface area (Å²) in [7, 11) is 0. The number of alkyl halides is 3. The summed E-state index contributed by atoms with van der Waals surface area (Å²) in [5.41, 5.74) is -0.263. The maximum Gasteiger partial charge on any atom is 0.416 e. The molecule has 4 rings (SSSR count). The fourth-order valence-electron chi connectivity index (χ4n) is 3.58. The number of halogens is 3. The number of thioether (sulfide) groups is 1. The second kappa shape index (κ2) is 10.2. The zero-order valence-corrected chi connectivity index (χ0v) is 19.6. The first-order chi connectivity index (χ1) is 16.2. The number of ether oxygens (including phenoxy) is 1. The van der Waals surface area contributed by atoms with Crippen LogP contribution in [0.5, 0.6) is 0 Å². The lowest BCUT2D eigenvalue weighted by Crippen LogP contribution is -2.37. The lowest BCUT2D eigenvalue weighted by molar-refractivity contribution is -0.137. The van der Waals surface area contributed by atoms with E-state index in [9.17, 15) is 18.0 Å². The van der Waals surface area contributed by atoms with Crippen molar-refractivity contribution in [1.29, 1.82) is 0 Å². The summed E-state index contributed by atoms with van der Waals surface area (Å²) < 4.78 is 45.9. The van der Waals surface area contributed by atoms with Crippen molar-refractivity contribution in [2.75, 3.05) is 37.7 Å². The van der Waals surface area contributed by atoms with Crippen LogP contribution >= 0.6 is 11.8 Å². The molecule has 0 saturated carbocycles. The maximum absolute atomic E-state index is 12.9. The zero-order valence-electron chi connectivity index (χ0n) is 18.8. The van der Waals surface area contributed by atoms with E-state index in [1.807, 2.05) is 0 Å². The number of aromatic nitrogens is 4. The van der Waals surface area contributed by atoms with Crippen molar-refractivity contribution in [3.8, 4) is 0 Å². The fourth-order valence-corrected chi connectivity index (χ4v) is 4.28. The molecule has 0 bridgehead atoms. The molecule has 2 aromatic heterocycles. The van der Waals surface area contributed by atoms with E-state index in [0.717, 1.165) is 36.4 Å². The van der Waals surface area contributed by atoms with Crippen molar-refractivity contribution in [3.63, 3.8) is 0 Å². The van der Waals surface area contributed by atoms with Crippen LogP contribution in [0.1, 0.15) is 29.8 Å².